The molecule has 0 atom stereocenters. The van der Waals surface area contributed by atoms with E-state index in [4.69, 9.17) is 0 Å². The number of thioether (sulfide) groups is 2. The molecule has 0 aliphatic heterocycles. The molecule has 0 spiro atoms. The number of rotatable bonds is 8. The van der Waals surface area contributed by atoms with Gasteiger partial charge >= 0.3 is 0 Å². The molecule has 0 fully saturated rings. The molecule has 6 nitrogen and oxygen atoms in total. The van der Waals surface area contributed by atoms with Crippen molar-refractivity contribution < 1.29 is 4.79 Å². The van der Waals surface area contributed by atoms with E-state index >= 15 is 0 Å². The molecule has 0 bridgehead atoms. The summed E-state index contributed by atoms with van der Waals surface area (Å²) in [6, 6.07) is 10.3. The van der Waals surface area contributed by atoms with Crippen LogP contribution in [-0.2, 0) is 4.79 Å². The highest BCUT2D eigenvalue weighted by atomic mass is 32.2. The molecular formula is C14H19N5OS2. The first-order valence-electron chi connectivity index (χ1n) is 7.02. The summed E-state index contributed by atoms with van der Waals surface area (Å²) in [4.78, 5) is 13.0. The Morgan fingerprint density at radius 2 is 2.05 bits per heavy atom. The summed E-state index contributed by atoms with van der Waals surface area (Å²) in [5, 5.41) is 15.0. The minimum atomic E-state index is -0.00281. The van der Waals surface area contributed by atoms with Crippen molar-refractivity contribution in [3.63, 3.8) is 0 Å². The van der Waals surface area contributed by atoms with Crippen LogP contribution in [0.3, 0.4) is 0 Å². The summed E-state index contributed by atoms with van der Waals surface area (Å²) in [7, 11) is 0. The van der Waals surface area contributed by atoms with Crippen molar-refractivity contribution in [1.82, 2.24) is 25.5 Å². The molecule has 1 amide bonds. The first-order chi connectivity index (χ1) is 10.7. The van der Waals surface area contributed by atoms with Gasteiger partial charge in [-0.25, -0.2) is 4.68 Å². The molecule has 2 aromatic rings. The standard InChI is InChI=1S/C14H19N5OS2/c1-11(2)19-14(16-17-18-19)22-10-13(20)15-8-9-21-12-6-4-3-5-7-12/h3-7,11H,8-10H2,1-2H3,(H,15,20). The van der Waals surface area contributed by atoms with Gasteiger partial charge in [0.05, 0.1) is 11.8 Å². The van der Waals surface area contributed by atoms with Crippen LogP contribution in [-0.4, -0.2) is 44.2 Å². The molecule has 1 N–H and O–H groups in total. The van der Waals surface area contributed by atoms with Crippen LogP contribution < -0.4 is 5.32 Å². The van der Waals surface area contributed by atoms with E-state index in [1.807, 2.05) is 32.0 Å². The summed E-state index contributed by atoms with van der Waals surface area (Å²) >= 11 is 3.08. The zero-order valence-electron chi connectivity index (χ0n) is 12.6. The van der Waals surface area contributed by atoms with Crippen LogP contribution in [0.15, 0.2) is 40.4 Å². The quantitative estimate of drug-likeness (QED) is 0.588. The third-order valence-corrected chi connectivity index (χ3v) is 4.67. The van der Waals surface area contributed by atoms with Gasteiger partial charge in [-0.15, -0.1) is 16.9 Å². The molecule has 0 radical (unpaired) electrons. The van der Waals surface area contributed by atoms with Gasteiger partial charge in [0.1, 0.15) is 0 Å². The van der Waals surface area contributed by atoms with Crippen LogP contribution in [0.5, 0.6) is 0 Å². The van der Waals surface area contributed by atoms with Crippen LogP contribution in [0.4, 0.5) is 0 Å². The fourth-order valence-electron chi connectivity index (χ4n) is 1.66. The van der Waals surface area contributed by atoms with Gasteiger partial charge in [0.2, 0.25) is 11.1 Å². The summed E-state index contributed by atoms with van der Waals surface area (Å²) in [5.41, 5.74) is 0. The molecule has 0 aliphatic carbocycles. The number of aromatic nitrogens is 4. The van der Waals surface area contributed by atoms with Crippen molar-refractivity contribution in [1.29, 1.82) is 0 Å². The van der Waals surface area contributed by atoms with E-state index in [9.17, 15) is 4.79 Å². The Morgan fingerprint density at radius 1 is 1.27 bits per heavy atom. The number of tetrazole rings is 1. The number of hydrogen-bond donors (Lipinski definition) is 1. The van der Waals surface area contributed by atoms with E-state index in [-0.39, 0.29) is 11.9 Å². The summed E-state index contributed by atoms with van der Waals surface area (Å²) < 4.78 is 1.71. The van der Waals surface area contributed by atoms with Gasteiger partial charge in [-0.3, -0.25) is 4.79 Å². The Kier molecular flexibility index (Phi) is 6.73. The average Bonchev–Trinajstić information content (AvgIpc) is 2.99. The molecule has 22 heavy (non-hydrogen) atoms. The fourth-order valence-corrected chi connectivity index (χ4v) is 3.29. The van der Waals surface area contributed by atoms with Crippen molar-refractivity contribution in [2.45, 2.75) is 29.9 Å². The van der Waals surface area contributed by atoms with Crippen LogP contribution in [0.2, 0.25) is 0 Å². The number of amides is 1. The van der Waals surface area contributed by atoms with Gasteiger partial charge in [-0.05, 0) is 36.4 Å². The molecule has 0 saturated heterocycles. The second-order valence-corrected chi connectivity index (χ2v) is 6.91. The second kappa shape index (κ2) is 8.79. The van der Waals surface area contributed by atoms with Gasteiger partial charge in [0, 0.05) is 17.2 Å². The summed E-state index contributed by atoms with van der Waals surface area (Å²) in [6.45, 7) is 4.65. The average molecular weight is 337 g/mol. The summed E-state index contributed by atoms with van der Waals surface area (Å²) in [5.74, 6) is 1.17. The highest BCUT2D eigenvalue weighted by Gasteiger charge is 2.11. The third-order valence-electron chi connectivity index (χ3n) is 2.72. The lowest BCUT2D eigenvalue weighted by Gasteiger charge is -2.07. The van der Waals surface area contributed by atoms with E-state index in [0.717, 1.165) is 5.75 Å². The topological polar surface area (TPSA) is 72.7 Å². The van der Waals surface area contributed by atoms with E-state index in [0.29, 0.717) is 17.5 Å². The van der Waals surface area contributed by atoms with E-state index in [2.05, 4.69) is 33.0 Å². The second-order valence-electron chi connectivity index (χ2n) is 4.80. The molecule has 118 valence electrons. The monoisotopic (exact) mass is 337 g/mol. The minimum Gasteiger partial charge on any atom is -0.355 e. The molecule has 8 heteroatoms. The number of carbonyl (C=O) groups is 1. The number of benzene rings is 1. The Hall–Kier alpha value is -1.54. The lowest BCUT2D eigenvalue weighted by molar-refractivity contribution is -0.118. The Labute approximate surface area is 138 Å². The van der Waals surface area contributed by atoms with Gasteiger partial charge in [0.25, 0.3) is 0 Å². The zero-order chi connectivity index (χ0) is 15.8. The molecule has 1 aromatic heterocycles. The maximum absolute atomic E-state index is 11.8. The van der Waals surface area contributed by atoms with Gasteiger partial charge in [-0.2, -0.15) is 0 Å². The van der Waals surface area contributed by atoms with Gasteiger partial charge < -0.3 is 5.32 Å². The number of nitrogens with zero attached hydrogens (tertiary/aromatic N) is 4. The van der Waals surface area contributed by atoms with Crippen LogP contribution >= 0.6 is 23.5 Å². The van der Waals surface area contributed by atoms with Crippen molar-refractivity contribution in [3.05, 3.63) is 30.3 Å². The fraction of sp³-hybridized carbons (Fsp3) is 0.429. The number of carbonyl (C=O) groups excluding carboxylic acids is 1. The van der Waals surface area contributed by atoms with Crippen LogP contribution in [0.1, 0.15) is 19.9 Å². The van der Waals surface area contributed by atoms with E-state index < -0.39 is 0 Å². The zero-order valence-corrected chi connectivity index (χ0v) is 14.2. The maximum atomic E-state index is 11.8. The van der Waals surface area contributed by atoms with Crippen molar-refractivity contribution >= 4 is 29.4 Å². The normalized spacial score (nSPS) is 10.9. The molecule has 0 saturated carbocycles. The molecule has 0 aliphatic rings. The van der Waals surface area contributed by atoms with Gasteiger partial charge in [-0.1, -0.05) is 30.0 Å². The minimum absolute atomic E-state index is 0.00281. The van der Waals surface area contributed by atoms with Crippen molar-refractivity contribution in [2.75, 3.05) is 18.1 Å². The Morgan fingerprint density at radius 3 is 2.77 bits per heavy atom. The first kappa shape index (κ1) is 16.8. The number of nitrogens with one attached hydrogen (secondary N) is 1. The molecule has 1 heterocycles. The lowest BCUT2D eigenvalue weighted by Crippen LogP contribution is -2.27. The molecule has 1 aromatic carbocycles. The van der Waals surface area contributed by atoms with Crippen LogP contribution in [0.25, 0.3) is 0 Å². The SMILES string of the molecule is CC(C)n1nnnc1SCC(=O)NCCSc1ccccc1. The molecular weight excluding hydrogens is 318 g/mol. The Bertz CT molecular complexity index is 588. The largest absolute Gasteiger partial charge is 0.355 e. The third kappa shape index (κ3) is 5.34. The predicted molar refractivity (Wildman–Crippen MR) is 89.1 cm³/mol. The first-order valence-corrected chi connectivity index (χ1v) is 8.99. The molecule has 2 rings (SSSR count). The predicted octanol–water partition coefficient (Wildman–Crippen LogP) is 2.25. The van der Waals surface area contributed by atoms with E-state index in [1.165, 1.54) is 16.7 Å². The number of hydrogen-bond acceptors (Lipinski definition) is 6. The van der Waals surface area contributed by atoms with Crippen LogP contribution in [0, 0.1) is 0 Å². The van der Waals surface area contributed by atoms with Crippen molar-refractivity contribution in [2.24, 2.45) is 0 Å². The van der Waals surface area contributed by atoms with Crippen molar-refractivity contribution in [3.8, 4) is 0 Å². The molecule has 0 unspecified atom stereocenters. The lowest BCUT2D eigenvalue weighted by atomic mass is 10.4. The highest BCUT2D eigenvalue weighted by Crippen LogP contribution is 2.17. The van der Waals surface area contributed by atoms with E-state index in [1.54, 1.807) is 16.4 Å². The smallest absolute Gasteiger partial charge is 0.230 e. The van der Waals surface area contributed by atoms with Gasteiger partial charge in [0.15, 0.2) is 0 Å². The summed E-state index contributed by atoms with van der Waals surface area (Å²) in [6.07, 6.45) is 0. The Balaban J connectivity index is 1.65. The maximum Gasteiger partial charge on any atom is 0.230 e. The highest BCUT2D eigenvalue weighted by molar-refractivity contribution is 7.99.